The quantitative estimate of drug-likeness (QED) is 0.692. The van der Waals surface area contributed by atoms with Crippen molar-refractivity contribution in [3.8, 4) is 5.75 Å². The number of hydrogen-bond donors (Lipinski definition) is 2. The number of likely N-dealkylation sites (N-methyl/N-ethyl adjacent to an activating group) is 2. The SMILES string of the molecule is CCO.CN(C)CCN(C)Cc1cc(C(C)(C)C)cc(C(C)(C)C)c1O.[Zn]. The molecule has 5 heteroatoms. The summed E-state index contributed by atoms with van der Waals surface area (Å²) < 4.78 is 0. The van der Waals surface area contributed by atoms with Gasteiger partial charge in [-0.1, -0.05) is 53.7 Å². The van der Waals surface area contributed by atoms with Gasteiger partial charge >= 0.3 is 0 Å². The summed E-state index contributed by atoms with van der Waals surface area (Å²) in [6, 6.07) is 4.36. The zero-order valence-electron chi connectivity index (χ0n) is 19.5. The van der Waals surface area contributed by atoms with Gasteiger partial charge in [0.25, 0.3) is 0 Å². The molecule has 1 aromatic carbocycles. The molecule has 0 aromatic heterocycles. The van der Waals surface area contributed by atoms with Gasteiger partial charge in [-0.2, -0.15) is 0 Å². The Balaban J connectivity index is 0. The maximum Gasteiger partial charge on any atom is 0.123 e. The second-order valence-corrected chi connectivity index (χ2v) is 9.39. The fourth-order valence-corrected chi connectivity index (χ4v) is 2.56. The van der Waals surface area contributed by atoms with E-state index in [1.807, 2.05) is 0 Å². The van der Waals surface area contributed by atoms with Gasteiger partial charge in [0, 0.05) is 51.3 Å². The Morgan fingerprint density at radius 2 is 1.37 bits per heavy atom. The number of aromatic hydroxyl groups is 1. The van der Waals surface area contributed by atoms with Gasteiger partial charge in [-0.3, -0.25) is 0 Å². The van der Waals surface area contributed by atoms with Crippen molar-refractivity contribution in [1.29, 1.82) is 0 Å². The van der Waals surface area contributed by atoms with E-state index in [-0.39, 0.29) is 36.9 Å². The van der Waals surface area contributed by atoms with E-state index in [1.165, 1.54) is 5.56 Å². The van der Waals surface area contributed by atoms with Crippen LogP contribution in [0.25, 0.3) is 0 Å². The van der Waals surface area contributed by atoms with Crippen molar-refractivity contribution >= 4 is 0 Å². The Kier molecular flexibility index (Phi) is 12.9. The maximum atomic E-state index is 10.8. The molecule has 0 aliphatic rings. The summed E-state index contributed by atoms with van der Waals surface area (Å²) in [5.41, 5.74) is 3.37. The molecule has 2 N–H and O–H groups in total. The molecule has 154 valence electrons. The largest absolute Gasteiger partial charge is 0.507 e. The molecule has 0 aliphatic heterocycles. The van der Waals surface area contributed by atoms with Crippen LogP contribution in [0.1, 0.15) is 65.2 Å². The number of rotatable bonds is 5. The van der Waals surface area contributed by atoms with Gasteiger partial charge < -0.3 is 20.0 Å². The average molecular weight is 432 g/mol. The molecule has 0 spiro atoms. The van der Waals surface area contributed by atoms with Crippen molar-refractivity contribution < 1.29 is 29.7 Å². The van der Waals surface area contributed by atoms with E-state index in [4.69, 9.17) is 5.11 Å². The van der Waals surface area contributed by atoms with E-state index in [0.717, 1.165) is 30.8 Å². The van der Waals surface area contributed by atoms with Gasteiger partial charge in [0.2, 0.25) is 0 Å². The van der Waals surface area contributed by atoms with Crippen LogP contribution in [0.2, 0.25) is 0 Å². The standard InChI is InChI=1S/C20H36N2O.C2H6O.Zn/c1-19(2,3)16-12-15(14-22(9)11-10-21(7)8)18(23)17(13-16)20(4,5)6;1-2-3;/h12-13,23H,10-11,14H2,1-9H3;3H,2H2,1H3;. The summed E-state index contributed by atoms with van der Waals surface area (Å²) in [5.74, 6) is 0.460. The molecule has 0 saturated heterocycles. The third kappa shape index (κ3) is 10.6. The van der Waals surface area contributed by atoms with Crippen LogP contribution in [0.4, 0.5) is 0 Å². The minimum absolute atomic E-state index is 0. The normalized spacial score (nSPS) is 11.9. The van der Waals surface area contributed by atoms with Crippen LogP contribution >= 0.6 is 0 Å². The van der Waals surface area contributed by atoms with Crippen molar-refractivity contribution in [1.82, 2.24) is 9.80 Å². The second kappa shape index (κ2) is 12.2. The minimum Gasteiger partial charge on any atom is -0.507 e. The molecule has 0 radical (unpaired) electrons. The van der Waals surface area contributed by atoms with Crippen molar-refractivity contribution in [3.05, 3.63) is 28.8 Å². The van der Waals surface area contributed by atoms with Gasteiger partial charge in [0.1, 0.15) is 5.75 Å². The summed E-state index contributed by atoms with van der Waals surface area (Å²) in [7, 11) is 6.29. The second-order valence-electron chi connectivity index (χ2n) is 9.39. The minimum atomic E-state index is -0.0672. The number of aliphatic hydroxyl groups excluding tert-OH is 1. The van der Waals surface area contributed by atoms with E-state index in [0.29, 0.717) is 5.75 Å². The van der Waals surface area contributed by atoms with Crippen LogP contribution in [0.3, 0.4) is 0 Å². The molecule has 1 aromatic rings. The van der Waals surface area contributed by atoms with E-state index < -0.39 is 0 Å². The molecular weight excluding hydrogens is 390 g/mol. The maximum absolute atomic E-state index is 10.8. The van der Waals surface area contributed by atoms with E-state index in [9.17, 15) is 5.11 Å². The van der Waals surface area contributed by atoms with Crippen LogP contribution in [-0.4, -0.2) is 60.9 Å². The number of nitrogens with zero attached hydrogens (tertiary/aromatic N) is 2. The monoisotopic (exact) mass is 430 g/mol. The van der Waals surface area contributed by atoms with E-state index in [2.05, 4.69) is 84.6 Å². The van der Waals surface area contributed by atoms with Crippen molar-refractivity contribution in [2.24, 2.45) is 0 Å². The first-order chi connectivity index (χ1) is 11.7. The predicted octanol–water partition coefficient (Wildman–Crippen LogP) is 3.98. The summed E-state index contributed by atoms with van der Waals surface area (Å²) in [6.45, 7) is 17.9. The van der Waals surface area contributed by atoms with Gasteiger partial charge in [-0.15, -0.1) is 0 Å². The van der Waals surface area contributed by atoms with Gasteiger partial charge in [-0.25, -0.2) is 0 Å². The van der Waals surface area contributed by atoms with Crippen LogP contribution in [-0.2, 0) is 36.9 Å². The molecule has 0 amide bonds. The fourth-order valence-electron chi connectivity index (χ4n) is 2.56. The molecule has 0 unspecified atom stereocenters. The first-order valence-corrected chi connectivity index (χ1v) is 9.55. The van der Waals surface area contributed by atoms with E-state index in [1.54, 1.807) is 6.92 Å². The Labute approximate surface area is 180 Å². The topological polar surface area (TPSA) is 46.9 Å². The molecule has 4 nitrogen and oxygen atoms in total. The third-order valence-corrected chi connectivity index (χ3v) is 4.23. The number of aliphatic hydroxyl groups is 1. The van der Waals surface area contributed by atoms with Gasteiger partial charge in [-0.05, 0) is 50.0 Å². The summed E-state index contributed by atoms with van der Waals surface area (Å²) in [4.78, 5) is 4.45. The molecule has 0 heterocycles. The van der Waals surface area contributed by atoms with Crippen molar-refractivity contribution in [2.45, 2.75) is 65.8 Å². The molecule has 27 heavy (non-hydrogen) atoms. The van der Waals surface area contributed by atoms with Crippen molar-refractivity contribution in [3.63, 3.8) is 0 Å². The van der Waals surface area contributed by atoms with Crippen LogP contribution in [0.5, 0.6) is 5.75 Å². The molecule has 0 aliphatic carbocycles. The van der Waals surface area contributed by atoms with E-state index >= 15 is 0 Å². The fraction of sp³-hybridized carbons (Fsp3) is 0.727. The van der Waals surface area contributed by atoms with Gasteiger partial charge in [0.15, 0.2) is 0 Å². The molecule has 0 fully saturated rings. The van der Waals surface area contributed by atoms with Crippen LogP contribution in [0, 0.1) is 0 Å². The van der Waals surface area contributed by atoms with Crippen molar-refractivity contribution in [2.75, 3.05) is 40.8 Å². The summed E-state index contributed by atoms with van der Waals surface area (Å²) in [6.07, 6.45) is 0. The number of phenolic OH excluding ortho intramolecular Hbond substituents is 1. The molecule has 1 rings (SSSR count). The zero-order chi connectivity index (χ0) is 20.7. The summed E-state index contributed by atoms with van der Waals surface area (Å²) >= 11 is 0. The summed E-state index contributed by atoms with van der Waals surface area (Å²) in [5, 5.41) is 18.4. The van der Waals surface area contributed by atoms with Crippen LogP contribution in [0.15, 0.2) is 12.1 Å². The molecule has 0 saturated carbocycles. The first kappa shape index (κ1) is 28.7. The predicted molar refractivity (Wildman–Crippen MR) is 113 cm³/mol. The Morgan fingerprint density at radius 3 is 1.74 bits per heavy atom. The Morgan fingerprint density at radius 1 is 0.889 bits per heavy atom. The average Bonchev–Trinajstić information content (AvgIpc) is 2.45. The van der Waals surface area contributed by atoms with Gasteiger partial charge in [0.05, 0.1) is 0 Å². The van der Waals surface area contributed by atoms with Crippen LogP contribution < -0.4 is 0 Å². The first-order valence-electron chi connectivity index (χ1n) is 9.55. The number of benzene rings is 1. The zero-order valence-corrected chi connectivity index (χ0v) is 22.4. The number of hydrogen-bond acceptors (Lipinski definition) is 4. The molecule has 0 bridgehead atoms. The molecule has 0 atom stereocenters. The Hall–Kier alpha value is -0.477. The number of phenols is 1. The Bertz CT molecular complexity index is 546. The third-order valence-electron chi connectivity index (χ3n) is 4.23. The molecular formula is C22H42N2O2Zn. The smallest absolute Gasteiger partial charge is 0.123 e.